The average Bonchev–Trinajstić information content (AvgIpc) is 3.61. The van der Waals surface area contributed by atoms with Crippen LogP contribution < -0.4 is 15.4 Å². The van der Waals surface area contributed by atoms with Crippen molar-refractivity contribution in [2.45, 2.75) is 36.6 Å². The van der Waals surface area contributed by atoms with Gasteiger partial charge in [0, 0.05) is 11.8 Å². The number of nitrogens with one attached hydrogen (secondary N) is 3. The molecule has 3 atom stereocenters. The number of ether oxygens (including phenoxy) is 1. The summed E-state index contributed by atoms with van der Waals surface area (Å²) in [5.74, 6) is -0.396. The van der Waals surface area contributed by atoms with Crippen molar-refractivity contribution in [2.24, 2.45) is 0 Å². The van der Waals surface area contributed by atoms with Gasteiger partial charge in [0.25, 0.3) is 0 Å². The minimum Gasteiger partial charge on any atom is -0.453 e. The number of benzene rings is 2. The Balaban J connectivity index is 1.57. The van der Waals surface area contributed by atoms with Crippen LogP contribution in [-0.2, 0) is 32.7 Å². The van der Waals surface area contributed by atoms with Gasteiger partial charge in [0.05, 0.1) is 29.8 Å². The van der Waals surface area contributed by atoms with Crippen molar-refractivity contribution in [3.05, 3.63) is 93.3 Å². The number of amides is 2. The maximum atomic E-state index is 13.5. The molecule has 10 nitrogen and oxygen atoms in total. The van der Waals surface area contributed by atoms with Crippen LogP contribution in [0.15, 0.2) is 71.5 Å². The molecule has 1 unspecified atom stereocenters. The summed E-state index contributed by atoms with van der Waals surface area (Å²) >= 11 is 3.15. The van der Waals surface area contributed by atoms with Crippen LogP contribution in [0.2, 0.25) is 0 Å². The van der Waals surface area contributed by atoms with Gasteiger partial charge in [-0.3, -0.25) is 14.1 Å². The van der Waals surface area contributed by atoms with Gasteiger partial charge in [0.2, 0.25) is 5.91 Å². The van der Waals surface area contributed by atoms with E-state index in [1.807, 2.05) is 40.4 Å². The Morgan fingerprint density at radius 3 is 2.44 bits per heavy atom. The van der Waals surface area contributed by atoms with Gasteiger partial charge in [0.15, 0.2) is 0 Å². The molecular formula is C26H28N4O6S3. The van der Waals surface area contributed by atoms with Crippen molar-refractivity contribution >= 4 is 51.1 Å². The molecule has 2 heterocycles. The van der Waals surface area contributed by atoms with E-state index in [1.54, 1.807) is 23.9 Å². The monoisotopic (exact) mass is 588 g/mol. The highest BCUT2D eigenvalue weighted by molar-refractivity contribution is 8.02. The number of carbonyl (C=O) groups excluding carboxylic acids is 2. The molecule has 0 saturated carbocycles. The van der Waals surface area contributed by atoms with E-state index < -0.39 is 34.4 Å². The Bertz CT molecular complexity index is 1400. The molecule has 39 heavy (non-hydrogen) atoms. The predicted molar refractivity (Wildman–Crippen MR) is 152 cm³/mol. The number of alkyl carbamates (subject to hydrolysis) is 1. The molecule has 2 aromatic carbocycles. The van der Waals surface area contributed by atoms with Crippen molar-refractivity contribution in [1.29, 1.82) is 0 Å². The number of aromatic nitrogens is 1. The Morgan fingerprint density at radius 2 is 1.79 bits per heavy atom. The number of hydrogen-bond acceptors (Lipinski definition) is 8. The standard InChI is InChI=1S/C26H28N4O6S3/c1-36-26(32)29-20(14-17-6-3-2-4-7-17)24(31)27-21(25-28-22(16-38-25)23-8-5-13-37-23)15-18-9-11-19(12-10-18)30-39(33,34)35/h2-7,9-13,16,20-21,23,30H,8,14-15H2,1H3,(H,27,31)(H,29,32)(H,33,34,35)/t20-,21-,23?/m0/s1. The molecule has 0 radical (unpaired) electrons. The van der Waals surface area contributed by atoms with Crippen molar-refractivity contribution in [2.75, 3.05) is 11.8 Å². The van der Waals surface area contributed by atoms with Crippen molar-refractivity contribution in [3.63, 3.8) is 0 Å². The fraction of sp³-hybridized carbons (Fsp3) is 0.269. The summed E-state index contributed by atoms with van der Waals surface area (Å²) in [6.45, 7) is 0. The van der Waals surface area contributed by atoms with Crippen LogP contribution in [-0.4, -0.2) is 43.1 Å². The smallest absolute Gasteiger partial charge is 0.407 e. The van der Waals surface area contributed by atoms with Gasteiger partial charge in [-0.25, -0.2) is 9.78 Å². The third-order valence-corrected chi connectivity index (χ3v) is 8.47. The maximum absolute atomic E-state index is 13.5. The van der Waals surface area contributed by atoms with E-state index in [4.69, 9.17) is 14.3 Å². The summed E-state index contributed by atoms with van der Waals surface area (Å²) in [5.41, 5.74) is 2.81. The Morgan fingerprint density at radius 1 is 1.08 bits per heavy atom. The first-order valence-corrected chi connectivity index (χ1v) is 15.2. The van der Waals surface area contributed by atoms with Gasteiger partial charge in [-0.05, 0) is 41.5 Å². The molecule has 4 rings (SSSR count). The number of nitrogens with zero attached hydrogens (tertiary/aromatic N) is 1. The second kappa shape index (κ2) is 13.1. The van der Waals surface area contributed by atoms with E-state index >= 15 is 0 Å². The van der Waals surface area contributed by atoms with E-state index in [-0.39, 0.29) is 17.4 Å². The van der Waals surface area contributed by atoms with Crippen molar-refractivity contribution in [1.82, 2.24) is 15.6 Å². The molecule has 206 valence electrons. The molecule has 3 aromatic rings. The second-order valence-electron chi connectivity index (χ2n) is 8.76. The first-order valence-electron chi connectivity index (χ1n) is 12.0. The summed E-state index contributed by atoms with van der Waals surface area (Å²) in [5, 5.41) is 10.7. The van der Waals surface area contributed by atoms with E-state index in [0.29, 0.717) is 11.4 Å². The molecular weight excluding hydrogens is 561 g/mol. The second-order valence-corrected chi connectivity index (χ2v) is 11.9. The molecule has 0 spiro atoms. The molecule has 4 N–H and O–H groups in total. The number of methoxy groups -OCH3 is 1. The maximum Gasteiger partial charge on any atom is 0.407 e. The molecule has 1 aliphatic rings. The number of thiazole rings is 1. The molecule has 0 fully saturated rings. The quantitative estimate of drug-likeness (QED) is 0.241. The molecule has 0 saturated heterocycles. The van der Waals surface area contributed by atoms with Crippen LogP contribution in [0.1, 0.15) is 39.5 Å². The predicted octanol–water partition coefficient (Wildman–Crippen LogP) is 4.42. The lowest BCUT2D eigenvalue weighted by Gasteiger charge is -2.22. The number of hydrogen-bond donors (Lipinski definition) is 4. The highest BCUT2D eigenvalue weighted by Gasteiger charge is 2.27. The summed E-state index contributed by atoms with van der Waals surface area (Å²) in [6.07, 6.45) is 2.89. The fourth-order valence-corrected chi connectivity index (χ4v) is 6.35. The van der Waals surface area contributed by atoms with Gasteiger partial charge in [-0.1, -0.05) is 48.5 Å². The Hall–Kier alpha value is -3.39. The molecule has 1 aromatic heterocycles. The van der Waals surface area contributed by atoms with E-state index in [2.05, 4.69) is 22.1 Å². The van der Waals surface area contributed by atoms with Crippen LogP contribution in [0.5, 0.6) is 0 Å². The lowest BCUT2D eigenvalue weighted by molar-refractivity contribution is -0.123. The Kier molecular flexibility index (Phi) is 9.62. The third kappa shape index (κ3) is 8.55. The number of rotatable bonds is 11. The lowest BCUT2D eigenvalue weighted by Crippen LogP contribution is -2.49. The summed E-state index contributed by atoms with van der Waals surface area (Å²) in [7, 11) is -3.15. The topological polar surface area (TPSA) is 147 Å². The summed E-state index contributed by atoms with van der Waals surface area (Å²) in [6, 6.07) is 14.4. The molecule has 0 aliphatic carbocycles. The highest BCUT2D eigenvalue weighted by atomic mass is 32.2. The van der Waals surface area contributed by atoms with Crippen molar-refractivity contribution < 1.29 is 27.3 Å². The SMILES string of the molecule is COC(=O)N[C@@H](Cc1ccccc1)C(=O)N[C@@H](Cc1ccc(NS(=O)(=O)O)cc1)c1nc(C2CC=CS2)cs1. The normalized spacial score (nSPS) is 16.3. The van der Waals surface area contributed by atoms with Gasteiger partial charge >= 0.3 is 16.4 Å². The minimum atomic E-state index is -4.39. The van der Waals surface area contributed by atoms with Crippen LogP contribution in [0.25, 0.3) is 0 Å². The van der Waals surface area contributed by atoms with Gasteiger partial charge in [-0.15, -0.1) is 23.1 Å². The zero-order valence-corrected chi connectivity index (χ0v) is 23.4. The van der Waals surface area contributed by atoms with Crippen molar-refractivity contribution in [3.8, 4) is 0 Å². The fourth-order valence-electron chi connectivity index (χ4n) is 4.01. The third-order valence-electron chi connectivity index (χ3n) is 5.89. The highest BCUT2D eigenvalue weighted by Crippen LogP contribution is 2.39. The molecule has 2 amide bonds. The van der Waals surface area contributed by atoms with Gasteiger partial charge in [0.1, 0.15) is 11.0 Å². The van der Waals surface area contributed by atoms with Crippen LogP contribution in [0.4, 0.5) is 10.5 Å². The van der Waals surface area contributed by atoms with Crippen LogP contribution >= 0.6 is 23.1 Å². The zero-order chi connectivity index (χ0) is 27.8. The van der Waals surface area contributed by atoms with E-state index in [1.165, 1.54) is 30.6 Å². The van der Waals surface area contributed by atoms with Gasteiger partial charge < -0.3 is 15.4 Å². The number of allylic oxidation sites excluding steroid dienone is 1. The summed E-state index contributed by atoms with van der Waals surface area (Å²) in [4.78, 5) is 30.4. The summed E-state index contributed by atoms with van der Waals surface area (Å²) < 4.78 is 38.0. The average molecular weight is 589 g/mol. The minimum absolute atomic E-state index is 0.203. The Labute approximate surface area is 235 Å². The molecule has 1 aliphatic heterocycles. The number of anilines is 1. The van der Waals surface area contributed by atoms with Gasteiger partial charge in [-0.2, -0.15) is 8.42 Å². The van der Waals surface area contributed by atoms with Crippen LogP contribution in [0.3, 0.4) is 0 Å². The molecule has 13 heteroatoms. The first-order chi connectivity index (χ1) is 18.7. The number of carbonyl (C=O) groups is 2. The number of thioether (sulfide) groups is 1. The van der Waals surface area contributed by atoms with E-state index in [0.717, 1.165) is 23.2 Å². The first kappa shape index (κ1) is 28.6. The zero-order valence-electron chi connectivity index (χ0n) is 20.9. The van der Waals surface area contributed by atoms with Crippen LogP contribution in [0, 0.1) is 0 Å². The molecule has 0 bridgehead atoms. The lowest BCUT2D eigenvalue weighted by atomic mass is 10.0. The van der Waals surface area contributed by atoms with E-state index in [9.17, 15) is 18.0 Å². The largest absolute Gasteiger partial charge is 0.453 e.